The van der Waals surface area contributed by atoms with Crippen LogP contribution in [0.1, 0.15) is 38.5 Å². The Labute approximate surface area is 137 Å². The van der Waals surface area contributed by atoms with E-state index >= 15 is 0 Å². The molecule has 2 saturated heterocycles. The number of ether oxygens (including phenoxy) is 1. The van der Waals surface area contributed by atoms with Gasteiger partial charge >= 0.3 is 0 Å². The molecule has 0 aromatic heterocycles. The third-order valence-electron chi connectivity index (χ3n) is 5.14. The van der Waals surface area contributed by atoms with E-state index < -0.39 is 5.03 Å². The highest BCUT2D eigenvalue weighted by Crippen LogP contribution is 2.26. The monoisotopic (exact) mass is 325 g/mol. The van der Waals surface area contributed by atoms with Crippen molar-refractivity contribution >= 4 is 5.96 Å². The number of hydrogen-bond donors (Lipinski definition) is 0. The van der Waals surface area contributed by atoms with Gasteiger partial charge in [-0.1, -0.05) is 19.3 Å². The Morgan fingerprint density at radius 1 is 1.26 bits per heavy atom. The molecular formula is C15H27N5O3. The van der Waals surface area contributed by atoms with E-state index in [9.17, 15) is 10.1 Å². The topological polar surface area (TPSA) is 74.5 Å². The van der Waals surface area contributed by atoms with Crippen molar-refractivity contribution in [2.45, 2.75) is 44.6 Å². The van der Waals surface area contributed by atoms with Gasteiger partial charge in [0.05, 0.1) is 19.9 Å². The number of nitrogens with zero attached hydrogens (tertiary/aromatic N) is 5. The van der Waals surface area contributed by atoms with Gasteiger partial charge < -0.3 is 14.5 Å². The van der Waals surface area contributed by atoms with E-state index in [1.54, 1.807) is 0 Å². The first-order chi connectivity index (χ1) is 11.1. The molecular weight excluding hydrogens is 298 g/mol. The van der Waals surface area contributed by atoms with Crippen molar-refractivity contribution < 1.29 is 9.77 Å². The minimum atomic E-state index is -0.583. The SMILES string of the molecule is CN1CN(C2CCCCC2)CN(CC2CCOC2)C1=N[N+](=O)[O-]. The van der Waals surface area contributed by atoms with Crippen LogP contribution in [-0.2, 0) is 4.74 Å². The Hall–Kier alpha value is -1.41. The summed E-state index contributed by atoms with van der Waals surface area (Å²) in [4.78, 5) is 17.3. The molecule has 0 aromatic carbocycles. The quantitative estimate of drug-likeness (QED) is 0.574. The molecule has 0 N–H and O–H groups in total. The highest BCUT2D eigenvalue weighted by atomic mass is 16.7. The molecule has 2 heterocycles. The molecule has 0 radical (unpaired) electrons. The van der Waals surface area contributed by atoms with Crippen molar-refractivity contribution in [3.63, 3.8) is 0 Å². The van der Waals surface area contributed by atoms with Gasteiger partial charge in [-0.3, -0.25) is 4.90 Å². The van der Waals surface area contributed by atoms with Crippen LogP contribution in [0.5, 0.6) is 0 Å². The van der Waals surface area contributed by atoms with Gasteiger partial charge in [0.2, 0.25) is 0 Å². The molecule has 0 bridgehead atoms. The summed E-state index contributed by atoms with van der Waals surface area (Å²) in [6, 6.07) is 0.589. The molecule has 0 amide bonds. The Kier molecular flexibility index (Phi) is 5.32. The fourth-order valence-electron chi connectivity index (χ4n) is 3.97. The average molecular weight is 325 g/mol. The minimum absolute atomic E-state index is 0.437. The maximum absolute atomic E-state index is 10.9. The summed E-state index contributed by atoms with van der Waals surface area (Å²) in [5.74, 6) is 0.917. The Morgan fingerprint density at radius 3 is 2.70 bits per heavy atom. The molecule has 3 fully saturated rings. The molecule has 8 nitrogen and oxygen atoms in total. The van der Waals surface area contributed by atoms with E-state index in [2.05, 4.69) is 14.9 Å². The molecule has 130 valence electrons. The molecule has 2 aliphatic heterocycles. The summed E-state index contributed by atoms with van der Waals surface area (Å²) in [5, 5.41) is 14.0. The third-order valence-corrected chi connectivity index (χ3v) is 5.14. The van der Waals surface area contributed by atoms with Crippen LogP contribution in [0.3, 0.4) is 0 Å². The first-order valence-corrected chi connectivity index (χ1v) is 8.64. The number of rotatable bonds is 4. The molecule has 1 saturated carbocycles. The molecule has 0 aromatic rings. The van der Waals surface area contributed by atoms with Gasteiger partial charge in [-0.25, -0.2) is 10.1 Å². The summed E-state index contributed by atoms with van der Waals surface area (Å²) in [6.07, 6.45) is 7.40. The summed E-state index contributed by atoms with van der Waals surface area (Å²) >= 11 is 0. The minimum Gasteiger partial charge on any atom is -0.381 e. The molecule has 1 aliphatic carbocycles. The standard InChI is InChI=1S/C15H27N5O3/c1-17-11-19(14-5-3-2-4-6-14)12-18(15(17)16-20(21)22)9-13-7-8-23-10-13/h13-14H,2-12H2,1H3. The lowest BCUT2D eigenvalue weighted by Gasteiger charge is -2.46. The molecule has 1 atom stereocenters. The van der Waals surface area contributed by atoms with Gasteiger partial charge in [-0.05, 0) is 19.3 Å². The van der Waals surface area contributed by atoms with Gasteiger partial charge in [-0.2, -0.15) is 0 Å². The zero-order chi connectivity index (χ0) is 16.2. The van der Waals surface area contributed by atoms with Crippen LogP contribution in [-0.4, -0.2) is 71.9 Å². The van der Waals surface area contributed by atoms with Crippen LogP contribution in [0.4, 0.5) is 0 Å². The van der Waals surface area contributed by atoms with E-state index in [0.717, 1.165) is 39.5 Å². The normalized spacial score (nSPS) is 29.4. The number of hydrazone groups is 1. The molecule has 3 rings (SSSR count). The second kappa shape index (κ2) is 7.44. The molecule has 1 unspecified atom stereocenters. The van der Waals surface area contributed by atoms with Crippen LogP contribution in [0.25, 0.3) is 0 Å². The summed E-state index contributed by atoms with van der Waals surface area (Å²) < 4.78 is 5.46. The van der Waals surface area contributed by atoms with Crippen molar-refractivity contribution in [2.24, 2.45) is 11.0 Å². The smallest absolute Gasteiger partial charge is 0.275 e. The van der Waals surface area contributed by atoms with Gasteiger partial charge in [0.15, 0.2) is 5.03 Å². The Morgan fingerprint density at radius 2 is 2.04 bits per heavy atom. The fourth-order valence-corrected chi connectivity index (χ4v) is 3.97. The van der Waals surface area contributed by atoms with Crippen molar-refractivity contribution in [1.82, 2.24) is 14.7 Å². The lowest BCUT2D eigenvalue weighted by molar-refractivity contribution is -0.486. The van der Waals surface area contributed by atoms with E-state index in [4.69, 9.17) is 4.74 Å². The van der Waals surface area contributed by atoms with Gasteiger partial charge in [0, 0.05) is 32.2 Å². The first-order valence-electron chi connectivity index (χ1n) is 8.64. The second-order valence-corrected chi connectivity index (χ2v) is 6.95. The number of hydrogen-bond acceptors (Lipinski definition) is 4. The summed E-state index contributed by atoms with van der Waals surface area (Å²) in [5.41, 5.74) is 0. The zero-order valence-electron chi connectivity index (χ0n) is 13.9. The fraction of sp³-hybridized carbons (Fsp3) is 0.933. The maximum Gasteiger partial charge on any atom is 0.275 e. The van der Waals surface area contributed by atoms with Crippen LogP contribution in [0.2, 0.25) is 0 Å². The van der Waals surface area contributed by atoms with Crippen LogP contribution in [0.15, 0.2) is 5.10 Å². The number of guanidine groups is 1. The lowest BCUT2D eigenvalue weighted by atomic mass is 9.94. The Bertz CT molecular complexity index is 446. The summed E-state index contributed by atoms with van der Waals surface area (Å²) in [7, 11) is 1.90. The third kappa shape index (κ3) is 4.11. The predicted octanol–water partition coefficient (Wildman–Crippen LogP) is 1.37. The second-order valence-electron chi connectivity index (χ2n) is 6.95. The highest BCUT2D eigenvalue weighted by molar-refractivity contribution is 5.79. The van der Waals surface area contributed by atoms with Crippen molar-refractivity contribution in [1.29, 1.82) is 0 Å². The van der Waals surface area contributed by atoms with Crippen molar-refractivity contribution in [3.8, 4) is 0 Å². The van der Waals surface area contributed by atoms with E-state index in [0.29, 0.717) is 17.9 Å². The van der Waals surface area contributed by atoms with E-state index in [-0.39, 0.29) is 0 Å². The van der Waals surface area contributed by atoms with Gasteiger partial charge in [-0.15, -0.1) is 0 Å². The largest absolute Gasteiger partial charge is 0.381 e. The average Bonchev–Trinajstić information content (AvgIpc) is 3.04. The van der Waals surface area contributed by atoms with Crippen LogP contribution >= 0.6 is 0 Å². The number of nitro groups is 1. The lowest BCUT2D eigenvalue weighted by Crippen LogP contribution is -2.61. The van der Waals surface area contributed by atoms with E-state index in [1.165, 1.54) is 32.1 Å². The van der Waals surface area contributed by atoms with Crippen LogP contribution in [0, 0.1) is 16.0 Å². The predicted molar refractivity (Wildman–Crippen MR) is 86.3 cm³/mol. The zero-order valence-corrected chi connectivity index (χ0v) is 13.9. The van der Waals surface area contributed by atoms with Gasteiger partial charge in [0.1, 0.15) is 5.10 Å². The molecule has 3 aliphatic rings. The molecule has 8 heteroatoms. The Balaban J connectivity index is 1.72. The molecule has 23 heavy (non-hydrogen) atoms. The highest BCUT2D eigenvalue weighted by Gasteiger charge is 2.34. The first kappa shape index (κ1) is 16.4. The van der Waals surface area contributed by atoms with Crippen LogP contribution < -0.4 is 0 Å². The summed E-state index contributed by atoms with van der Waals surface area (Å²) in [6.45, 7) is 3.77. The van der Waals surface area contributed by atoms with Crippen molar-refractivity contribution in [2.75, 3.05) is 40.1 Å². The van der Waals surface area contributed by atoms with Gasteiger partial charge in [0.25, 0.3) is 5.96 Å². The molecule has 0 spiro atoms. The van der Waals surface area contributed by atoms with Crippen molar-refractivity contribution in [3.05, 3.63) is 10.1 Å². The maximum atomic E-state index is 10.9. The van der Waals surface area contributed by atoms with E-state index in [1.807, 2.05) is 11.9 Å².